The first-order valence-electron chi connectivity index (χ1n) is 19.4. The van der Waals surface area contributed by atoms with Crippen LogP contribution in [0.15, 0.2) is 194 Å². The van der Waals surface area contributed by atoms with E-state index in [1.807, 2.05) is 36.4 Å². The van der Waals surface area contributed by atoms with Crippen LogP contribution in [0.25, 0.3) is 116 Å². The van der Waals surface area contributed by atoms with E-state index in [4.69, 9.17) is 15.0 Å². The van der Waals surface area contributed by atoms with Gasteiger partial charge in [-0.25, -0.2) is 15.0 Å². The van der Waals surface area contributed by atoms with Crippen LogP contribution in [0, 0.1) is 0 Å². The number of benzene rings is 10. The third kappa shape index (κ3) is 4.77. The predicted molar refractivity (Wildman–Crippen MR) is 237 cm³/mol. The summed E-state index contributed by atoms with van der Waals surface area (Å²) < 4.78 is 2.42. The summed E-state index contributed by atoms with van der Waals surface area (Å²) in [5.41, 5.74) is 8.86. The van der Waals surface area contributed by atoms with Gasteiger partial charge < -0.3 is 4.57 Å². The smallest absolute Gasteiger partial charge is 0.164 e. The maximum absolute atomic E-state index is 5.12. The Bertz CT molecular complexity index is 3440. The molecule has 0 atom stereocenters. The van der Waals surface area contributed by atoms with Gasteiger partial charge in [0.05, 0.1) is 11.0 Å². The predicted octanol–water partition coefficient (Wildman–Crippen LogP) is 13.7. The van der Waals surface area contributed by atoms with Crippen molar-refractivity contribution in [1.29, 1.82) is 0 Å². The van der Waals surface area contributed by atoms with Crippen LogP contribution < -0.4 is 0 Å². The lowest BCUT2D eigenvalue weighted by Crippen LogP contribution is -2.00. The molecule has 0 amide bonds. The van der Waals surface area contributed by atoms with Gasteiger partial charge in [0.15, 0.2) is 17.5 Å². The van der Waals surface area contributed by atoms with Crippen LogP contribution in [0.5, 0.6) is 0 Å². The quantitative estimate of drug-likeness (QED) is 0.166. The van der Waals surface area contributed by atoms with E-state index in [0.717, 1.165) is 27.5 Å². The molecular weight excluding hydrogens is 693 g/mol. The summed E-state index contributed by atoms with van der Waals surface area (Å²) in [6.07, 6.45) is 0. The molecule has 2 heterocycles. The Morgan fingerprint density at radius 1 is 0.281 bits per heavy atom. The molecule has 264 valence electrons. The van der Waals surface area contributed by atoms with Crippen LogP contribution in [0.3, 0.4) is 0 Å². The van der Waals surface area contributed by atoms with Crippen LogP contribution in [0.4, 0.5) is 0 Å². The van der Waals surface area contributed by atoms with E-state index in [1.165, 1.54) is 70.9 Å². The number of rotatable bonds is 5. The summed E-state index contributed by atoms with van der Waals surface area (Å²) in [6.45, 7) is 0. The molecular formula is C53H32N4. The van der Waals surface area contributed by atoms with Gasteiger partial charge in [-0.2, -0.15) is 0 Å². The number of nitrogens with zero attached hydrogens (tertiary/aromatic N) is 4. The van der Waals surface area contributed by atoms with Crippen LogP contribution in [-0.4, -0.2) is 19.5 Å². The first kappa shape index (κ1) is 31.6. The second-order valence-electron chi connectivity index (χ2n) is 14.7. The second kappa shape index (κ2) is 12.4. The standard InChI is InChI=1S/C53H32N4/c1-4-16-33(17-5-1)51-54-52(34-18-6-2-7-19-34)56-53(55-51)42-31-30-39(36-22-10-11-23-37(36)42)44-32-45-41-26-14-28-46-49(41)50-43(48(45)40-25-13-12-24-38(40)44)27-15-29-47(50)57(46)35-20-8-3-9-21-35/h1-32H. The normalized spacial score (nSPS) is 11.9. The summed E-state index contributed by atoms with van der Waals surface area (Å²) >= 11 is 0. The summed E-state index contributed by atoms with van der Waals surface area (Å²) in [6, 6.07) is 69.1. The van der Waals surface area contributed by atoms with Crippen molar-refractivity contribution >= 4 is 64.9 Å². The Hall–Kier alpha value is -7.69. The second-order valence-corrected chi connectivity index (χ2v) is 14.7. The van der Waals surface area contributed by atoms with Gasteiger partial charge in [0.2, 0.25) is 0 Å². The highest BCUT2D eigenvalue weighted by atomic mass is 15.0. The lowest BCUT2D eigenvalue weighted by atomic mass is 9.86. The van der Waals surface area contributed by atoms with Crippen LogP contribution in [0.1, 0.15) is 0 Å². The van der Waals surface area contributed by atoms with Crippen LogP contribution >= 0.6 is 0 Å². The van der Waals surface area contributed by atoms with Crippen molar-refractivity contribution in [2.45, 2.75) is 0 Å². The van der Waals surface area contributed by atoms with Crippen molar-refractivity contribution in [3.05, 3.63) is 194 Å². The SMILES string of the molecule is c1ccc(-c2nc(-c3ccccc3)nc(-c3ccc(-c4cc5c6cccc7c6c6c(cccc6n7-c6ccccc6)c5c5ccccc45)c4ccccc34)n2)cc1. The van der Waals surface area contributed by atoms with Crippen LogP contribution in [-0.2, 0) is 0 Å². The van der Waals surface area contributed by atoms with Crippen molar-refractivity contribution < 1.29 is 0 Å². The molecule has 0 aliphatic heterocycles. The Morgan fingerprint density at radius 3 is 1.35 bits per heavy atom. The molecule has 4 heteroatoms. The van der Waals surface area contributed by atoms with Crippen molar-refractivity contribution in [3.63, 3.8) is 0 Å². The molecule has 0 N–H and O–H groups in total. The highest BCUT2D eigenvalue weighted by molar-refractivity contribution is 6.39. The minimum absolute atomic E-state index is 0.649. The summed E-state index contributed by atoms with van der Waals surface area (Å²) in [4.78, 5) is 15.2. The number of para-hydroxylation sites is 1. The fourth-order valence-corrected chi connectivity index (χ4v) is 9.15. The van der Waals surface area contributed by atoms with Gasteiger partial charge in [0, 0.05) is 33.2 Å². The van der Waals surface area contributed by atoms with Gasteiger partial charge >= 0.3 is 0 Å². The molecule has 12 aromatic rings. The third-order valence-electron chi connectivity index (χ3n) is 11.6. The zero-order chi connectivity index (χ0) is 37.5. The van der Waals surface area contributed by atoms with E-state index in [-0.39, 0.29) is 0 Å². The van der Waals surface area contributed by atoms with Crippen molar-refractivity contribution in [1.82, 2.24) is 19.5 Å². The fraction of sp³-hybridized carbons (Fsp3) is 0. The van der Waals surface area contributed by atoms with Crippen LogP contribution in [0.2, 0.25) is 0 Å². The molecule has 0 bridgehead atoms. The lowest BCUT2D eigenvalue weighted by Gasteiger charge is -2.17. The fourth-order valence-electron chi connectivity index (χ4n) is 9.15. The minimum Gasteiger partial charge on any atom is -0.309 e. The average molecular weight is 725 g/mol. The zero-order valence-corrected chi connectivity index (χ0v) is 30.8. The Kier molecular flexibility index (Phi) is 6.89. The number of hydrogen-bond acceptors (Lipinski definition) is 3. The Labute approximate surface area is 328 Å². The van der Waals surface area contributed by atoms with Gasteiger partial charge in [-0.1, -0.05) is 158 Å². The molecule has 0 fully saturated rings. The van der Waals surface area contributed by atoms with Crippen molar-refractivity contribution in [2.24, 2.45) is 0 Å². The third-order valence-corrected chi connectivity index (χ3v) is 11.6. The number of aromatic nitrogens is 4. The van der Waals surface area contributed by atoms with Crippen molar-refractivity contribution in [3.8, 4) is 51.0 Å². The van der Waals surface area contributed by atoms with E-state index >= 15 is 0 Å². The minimum atomic E-state index is 0.649. The molecule has 4 nitrogen and oxygen atoms in total. The van der Waals surface area contributed by atoms with Gasteiger partial charge in [0.1, 0.15) is 0 Å². The molecule has 0 unspecified atom stereocenters. The molecule has 10 aromatic carbocycles. The first-order valence-corrected chi connectivity index (χ1v) is 19.4. The van der Waals surface area contributed by atoms with E-state index in [9.17, 15) is 0 Å². The van der Waals surface area contributed by atoms with E-state index in [1.54, 1.807) is 0 Å². The molecule has 0 spiro atoms. The monoisotopic (exact) mass is 724 g/mol. The lowest BCUT2D eigenvalue weighted by molar-refractivity contribution is 1.08. The first-order chi connectivity index (χ1) is 28.3. The van der Waals surface area contributed by atoms with Gasteiger partial charge in [-0.15, -0.1) is 0 Å². The number of fused-ring (bicyclic) bond motifs is 6. The molecule has 0 aliphatic rings. The summed E-state index contributed by atoms with van der Waals surface area (Å²) in [7, 11) is 0. The average Bonchev–Trinajstić information content (AvgIpc) is 3.64. The molecule has 0 radical (unpaired) electrons. The van der Waals surface area contributed by atoms with Gasteiger partial charge in [-0.05, 0) is 90.6 Å². The Morgan fingerprint density at radius 2 is 0.719 bits per heavy atom. The number of hydrogen-bond donors (Lipinski definition) is 0. The van der Waals surface area contributed by atoms with Crippen molar-refractivity contribution in [2.75, 3.05) is 0 Å². The highest BCUT2D eigenvalue weighted by Gasteiger charge is 2.23. The molecule has 12 rings (SSSR count). The largest absolute Gasteiger partial charge is 0.309 e. The van der Waals surface area contributed by atoms with Gasteiger partial charge in [-0.3, -0.25) is 0 Å². The molecule has 0 aliphatic carbocycles. The molecule has 0 saturated carbocycles. The van der Waals surface area contributed by atoms with Gasteiger partial charge in [0.25, 0.3) is 0 Å². The molecule has 0 saturated heterocycles. The maximum Gasteiger partial charge on any atom is 0.164 e. The zero-order valence-electron chi connectivity index (χ0n) is 30.8. The van der Waals surface area contributed by atoms with E-state index < -0.39 is 0 Å². The van der Waals surface area contributed by atoms with E-state index in [0.29, 0.717) is 17.5 Å². The molecule has 2 aromatic heterocycles. The van der Waals surface area contributed by atoms with E-state index in [2.05, 4.69) is 162 Å². The topological polar surface area (TPSA) is 43.6 Å². The Balaban J connectivity index is 1.14. The molecule has 57 heavy (non-hydrogen) atoms. The summed E-state index contributed by atoms with van der Waals surface area (Å²) in [5, 5.41) is 12.4. The maximum atomic E-state index is 5.12. The summed E-state index contributed by atoms with van der Waals surface area (Å²) in [5.74, 6) is 1.95. The highest BCUT2D eigenvalue weighted by Crippen LogP contribution is 2.48.